The second-order valence-electron chi connectivity index (χ2n) is 7.61. The molecular formula is C22H26N4O2. The predicted octanol–water partition coefficient (Wildman–Crippen LogP) is 3.71. The molecule has 6 nitrogen and oxygen atoms in total. The third-order valence-electron chi connectivity index (χ3n) is 5.50. The summed E-state index contributed by atoms with van der Waals surface area (Å²) in [5, 5.41) is 22.5. The SMILES string of the molecule is CC(=O)CCCc1[nH]nc2nc(-c3ccccc3O)cc(C3CCCNC3)c12. The first-order valence-corrected chi connectivity index (χ1v) is 10.00. The number of nitrogens with zero attached hydrogens (tertiary/aromatic N) is 2. The third kappa shape index (κ3) is 3.78. The quantitative estimate of drug-likeness (QED) is 0.608. The summed E-state index contributed by atoms with van der Waals surface area (Å²) in [5.74, 6) is 0.813. The molecule has 0 saturated carbocycles. The van der Waals surface area contributed by atoms with Crippen molar-refractivity contribution >= 4 is 16.8 Å². The molecule has 1 aliphatic rings. The number of fused-ring (bicyclic) bond motifs is 1. The number of phenols is 1. The van der Waals surface area contributed by atoms with Gasteiger partial charge in [-0.2, -0.15) is 5.10 Å². The normalized spacial score (nSPS) is 17.1. The minimum Gasteiger partial charge on any atom is -0.507 e. The van der Waals surface area contributed by atoms with Crippen molar-refractivity contribution < 1.29 is 9.90 Å². The summed E-state index contributed by atoms with van der Waals surface area (Å²) in [4.78, 5) is 16.0. The maximum atomic E-state index is 11.3. The van der Waals surface area contributed by atoms with E-state index in [0.717, 1.165) is 61.1 Å². The first-order valence-electron chi connectivity index (χ1n) is 10.00. The molecule has 3 aromatic rings. The summed E-state index contributed by atoms with van der Waals surface area (Å²) >= 11 is 0. The van der Waals surface area contributed by atoms with Gasteiger partial charge in [0.1, 0.15) is 11.5 Å². The van der Waals surface area contributed by atoms with Crippen molar-refractivity contribution in [2.24, 2.45) is 0 Å². The second-order valence-corrected chi connectivity index (χ2v) is 7.61. The molecule has 3 N–H and O–H groups in total. The number of H-pyrrole nitrogens is 1. The van der Waals surface area contributed by atoms with E-state index in [4.69, 9.17) is 4.98 Å². The summed E-state index contributed by atoms with van der Waals surface area (Å²) < 4.78 is 0. The molecule has 1 unspecified atom stereocenters. The molecule has 6 heteroatoms. The van der Waals surface area contributed by atoms with Gasteiger partial charge in [-0.25, -0.2) is 4.98 Å². The minimum absolute atomic E-state index is 0.209. The fourth-order valence-electron chi connectivity index (χ4n) is 4.08. The number of carbonyl (C=O) groups is 1. The number of hydrogen-bond acceptors (Lipinski definition) is 5. The van der Waals surface area contributed by atoms with Gasteiger partial charge >= 0.3 is 0 Å². The van der Waals surface area contributed by atoms with Crippen molar-refractivity contribution in [2.75, 3.05) is 13.1 Å². The highest BCUT2D eigenvalue weighted by atomic mass is 16.3. The number of nitrogens with one attached hydrogen (secondary N) is 2. The van der Waals surface area contributed by atoms with Crippen LogP contribution in [-0.4, -0.2) is 39.2 Å². The number of rotatable bonds is 6. The molecule has 4 rings (SSSR count). The molecule has 0 amide bonds. The lowest BCUT2D eigenvalue weighted by molar-refractivity contribution is -0.117. The van der Waals surface area contributed by atoms with Crippen molar-refractivity contribution in [2.45, 2.75) is 44.9 Å². The minimum atomic E-state index is 0.209. The number of para-hydroxylation sites is 1. The molecule has 0 radical (unpaired) electrons. The van der Waals surface area contributed by atoms with Crippen LogP contribution in [0.4, 0.5) is 0 Å². The van der Waals surface area contributed by atoms with Gasteiger partial charge in [-0.05, 0) is 68.8 Å². The average molecular weight is 378 g/mol. The highest BCUT2D eigenvalue weighted by Gasteiger charge is 2.23. The monoisotopic (exact) mass is 378 g/mol. The van der Waals surface area contributed by atoms with E-state index in [9.17, 15) is 9.90 Å². The van der Waals surface area contributed by atoms with E-state index in [1.54, 1.807) is 13.0 Å². The third-order valence-corrected chi connectivity index (χ3v) is 5.50. The lowest BCUT2D eigenvalue weighted by atomic mass is 9.88. The number of aromatic amines is 1. The summed E-state index contributed by atoms with van der Waals surface area (Å²) in [7, 11) is 0. The Kier molecular flexibility index (Phi) is 5.39. The summed E-state index contributed by atoms with van der Waals surface area (Å²) in [6.45, 7) is 3.61. The van der Waals surface area contributed by atoms with Gasteiger partial charge in [0.25, 0.3) is 0 Å². The summed E-state index contributed by atoms with van der Waals surface area (Å²) in [5.41, 5.74) is 4.41. The van der Waals surface area contributed by atoms with Crippen molar-refractivity contribution in [3.8, 4) is 17.0 Å². The Hall–Kier alpha value is -2.73. The molecule has 1 aliphatic heterocycles. The van der Waals surface area contributed by atoms with E-state index < -0.39 is 0 Å². The Morgan fingerprint density at radius 1 is 1.32 bits per heavy atom. The first kappa shape index (κ1) is 18.6. The van der Waals surface area contributed by atoms with E-state index in [0.29, 0.717) is 18.0 Å². The highest BCUT2D eigenvalue weighted by molar-refractivity contribution is 5.86. The molecular weight excluding hydrogens is 352 g/mol. The highest BCUT2D eigenvalue weighted by Crippen LogP contribution is 2.36. The van der Waals surface area contributed by atoms with Gasteiger partial charge in [-0.1, -0.05) is 12.1 Å². The number of hydrogen-bond donors (Lipinski definition) is 3. The van der Waals surface area contributed by atoms with Gasteiger partial charge < -0.3 is 15.2 Å². The Balaban J connectivity index is 1.80. The van der Waals surface area contributed by atoms with Crippen molar-refractivity contribution in [1.82, 2.24) is 20.5 Å². The number of phenolic OH excluding ortho intramolecular Hbond substituents is 1. The van der Waals surface area contributed by atoms with Crippen molar-refractivity contribution in [3.63, 3.8) is 0 Å². The standard InChI is InChI=1S/C22H26N4O2/c1-14(27)6-4-9-18-21-17(15-7-5-11-23-13-15)12-19(24-22(21)26-25-18)16-8-2-3-10-20(16)28/h2-3,8,10,12,15,23,28H,4-7,9,11,13H2,1H3,(H,24,25,26). The van der Waals surface area contributed by atoms with Crippen molar-refractivity contribution in [3.05, 3.63) is 41.6 Å². The summed E-state index contributed by atoms with van der Waals surface area (Å²) in [6, 6.07) is 9.39. The van der Waals surface area contributed by atoms with E-state index in [1.165, 1.54) is 5.56 Å². The Morgan fingerprint density at radius 3 is 2.93 bits per heavy atom. The van der Waals surface area contributed by atoms with Crippen LogP contribution in [-0.2, 0) is 11.2 Å². The van der Waals surface area contributed by atoms with Crippen LogP contribution < -0.4 is 5.32 Å². The molecule has 0 bridgehead atoms. The molecule has 146 valence electrons. The van der Waals surface area contributed by atoms with Crippen LogP contribution in [0, 0.1) is 0 Å². The molecule has 2 aromatic heterocycles. The number of piperidine rings is 1. The zero-order chi connectivity index (χ0) is 19.5. The van der Waals surface area contributed by atoms with Gasteiger partial charge in [0, 0.05) is 29.6 Å². The molecule has 1 atom stereocenters. The average Bonchev–Trinajstić information content (AvgIpc) is 3.11. The molecule has 1 saturated heterocycles. The molecule has 1 fully saturated rings. The van der Waals surface area contributed by atoms with Crippen LogP contribution in [0.1, 0.15) is 49.8 Å². The van der Waals surface area contributed by atoms with Gasteiger partial charge in [0.05, 0.1) is 5.69 Å². The number of aromatic nitrogens is 3. The van der Waals surface area contributed by atoms with Crippen LogP contribution in [0.3, 0.4) is 0 Å². The zero-order valence-corrected chi connectivity index (χ0v) is 16.2. The fraction of sp³-hybridized carbons (Fsp3) is 0.409. The largest absolute Gasteiger partial charge is 0.507 e. The van der Waals surface area contributed by atoms with Crippen LogP contribution in [0.25, 0.3) is 22.3 Å². The number of benzene rings is 1. The maximum absolute atomic E-state index is 11.3. The zero-order valence-electron chi connectivity index (χ0n) is 16.2. The van der Waals surface area contributed by atoms with Crippen molar-refractivity contribution in [1.29, 1.82) is 0 Å². The molecule has 0 aliphatic carbocycles. The second kappa shape index (κ2) is 8.10. The van der Waals surface area contributed by atoms with Crippen LogP contribution in [0.2, 0.25) is 0 Å². The number of Topliss-reactive ketones (excluding diaryl/α,β-unsaturated/α-hetero) is 1. The molecule has 28 heavy (non-hydrogen) atoms. The summed E-state index contributed by atoms with van der Waals surface area (Å²) in [6.07, 6.45) is 4.41. The van der Waals surface area contributed by atoms with Gasteiger partial charge in [-0.3, -0.25) is 5.10 Å². The van der Waals surface area contributed by atoms with E-state index in [-0.39, 0.29) is 11.5 Å². The van der Waals surface area contributed by atoms with Crippen LogP contribution in [0.5, 0.6) is 5.75 Å². The van der Waals surface area contributed by atoms with Crippen LogP contribution >= 0.6 is 0 Å². The number of ketones is 1. The Bertz CT molecular complexity index is 989. The topological polar surface area (TPSA) is 90.9 Å². The molecule has 1 aromatic carbocycles. The Morgan fingerprint density at radius 2 is 2.18 bits per heavy atom. The maximum Gasteiger partial charge on any atom is 0.182 e. The molecule has 3 heterocycles. The lowest BCUT2D eigenvalue weighted by Gasteiger charge is -2.24. The lowest BCUT2D eigenvalue weighted by Crippen LogP contribution is -2.28. The number of pyridine rings is 1. The van der Waals surface area contributed by atoms with Gasteiger partial charge in [0.2, 0.25) is 0 Å². The predicted molar refractivity (Wildman–Crippen MR) is 109 cm³/mol. The van der Waals surface area contributed by atoms with Gasteiger partial charge in [0.15, 0.2) is 5.65 Å². The van der Waals surface area contributed by atoms with Crippen LogP contribution in [0.15, 0.2) is 30.3 Å². The number of carbonyl (C=O) groups excluding carboxylic acids is 1. The first-order chi connectivity index (χ1) is 13.6. The Labute approximate surface area is 164 Å². The number of aromatic hydroxyl groups is 1. The van der Waals surface area contributed by atoms with Gasteiger partial charge in [-0.15, -0.1) is 0 Å². The van der Waals surface area contributed by atoms with E-state index in [2.05, 4.69) is 21.6 Å². The fourth-order valence-corrected chi connectivity index (χ4v) is 4.08. The smallest absolute Gasteiger partial charge is 0.182 e. The van der Waals surface area contributed by atoms with E-state index >= 15 is 0 Å². The molecule has 0 spiro atoms. The van der Waals surface area contributed by atoms with E-state index in [1.807, 2.05) is 18.2 Å². The number of aryl methyl sites for hydroxylation is 1.